The Balaban J connectivity index is 2.55. The molecule has 0 spiro atoms. The molecule has 1 unspecified atom stereocenters. The van der Waals surface area contributed by atoms with Crippen LogP contribution in [0.25, 0.3) is 0 Å². The van der Waals surface area contributed by atoms with Crippen LogP contribution in [0.4, 0.5) is 4.39 Å². The minimum absolute atomic E-state index is 0.105. The predicted octanol–water partition coefficient (Wildman–Crippen LogP) is 2.62. The van der Waals surface area contributed by atoms with E-state index in [2.05, 4.69) is 17.6 Å². The van der Waals surface area contributed by atoms with Gasteiger partial charge in [0.2, 0.25) is 0 Å². The van der Waals surface area contributed by atoms with Crippen molar-refractivity contribution in [2.75, 3.05) is 13.1 Å². The van der Waals surface area contributed by atoms with Crippen molar-refractivity contribution in [3.63, 3.8) is 0 Å². The average Bonchev–Trinajstić information content (AvgIpc) is 2.47. The zero-order valence-electron chi connectivity index (χ0n) is 13.0. The standard InChI is InChI=1S/C16H25FN2O2/c1-4-6-9-19-16(20)12(3)21-15-8-7-13(10-14(15)17)11-18-5-2/h7-8,10,12,18H,4-6,9,11H2,1-3H3,(H,19,20). The Hall–Kier alpha value is -1.62. The molecule has 21 heavy (non-hydrogen) atoms. The summed E-state index contributed by atoms with van der Waals surface area (Å²) in [6.07, 6.45) is 1.22. The van der Waals surface area contributed by atoms with Crippen molar-refractivity contribution in [3.8, 4) is 5.75 Å². The Labute approximate surface area is 126 Å². The van der Waals surface area contributed by atoms with Gasteiger partial charge in [-0.2, -0.15) is 0 Å². The summed E-state index contributed by atoms with van der Waals surface area (Å²) in [6.45, 7) is 7.72. The van der Waals surface area contributed by atoms with Gasteiger partial charge in [-0.1, -0.05) is 26.3 Å². The van der Waals surface area contributed by atoms with E-state index in [0.29, 0.717) is 13.1 Å². The van der Waals surface area contributed by atoms with Gasteiger partial charge >= 0.3 is 0 Å². The van der Waals surface area contributed by atoms with Crippen LogP contribution in [0.3, 0.4) is 0 Å². The largest absolute Gasteiger partial charge is 0.478 e. The van der Waals surface area contributed by atoms with E-state index in [1.807, 2.05) is 6.92 Å². The number of unbranched alkanes of at least 4 members (excludes halogenated alkanes) is 1. The fourth-order valence-corrected chi connectivity index (χ4v) is 1.80. The monoisotopic (exact) mass is 296 g/mol. The van der Waals surface area contributed by atoms with Crippen LogP contribution in [0.15, 0.2) is 18.2 Å². The second-order valence-corrected chi connectivity index (χ2v) is 4.95. The number of hydrogen-bond acceptors (Lipinski definition) is 3. The van der Waals surface area contributed by atoms with Crippen molar-refractivity contribution < 1.29 is 13.9 Å². The van der Waals surface area contributed by atoms with E-state index in [4.69, 9.17) is 4.74 Å². The molecule has 5 heteroatoms. The summed E-state index contributed by atoms with van der Waals surface area (Å²) in [6, 6.07) is 4.79. The third kappa shape index (κ3) is 6.12. The van der Waals surface area contributed by atoms with Gasteiger partial charge in [-0.3, -0.25) is 4.79 Å². The molecule has 0 saturated heterocycles. The molecule has 0 radical (unpaired) electrons. The molecular weight excluding hydrogens is 271 g/mol. The Bertz CT molecular complexity index is 452. The molecule has 0 aliphatic rings. The third-order valence-corrected chi connectivity index (χ3v) is 3.08. The van der Waals surface area contributed by atoms with E-state index in [0.717, 1.165) is 24.9 Å². The Kier molecular flexibility index (Phi) is 7.75. The van der Waals surface area contributed by atoms with Crippen molar-refractivity contribution in [2.45, 2.75) is 46.3 Å². The molecule has 0 fully saturated rings. The third-order valence-electron chi connectivity index (χ3n) is 3.08. The number of halogens is 1. The number of nitrogens with one attached hydrogen (secondary N) is 2. The summed E-state index contributed by atoms with van der Waals surface area (Å²) in [4.78, 5) is 11.8. The summed E-state index contributed by atoms with van der Waals surface area (Å²) >= 11 is 0. The van der Waals surface area contributed by atoms with Crippen LogP contribution in [-0.4, -0.2) is 25.1 Å². The molecule has 0 aliphatic heterocycles. The maximum Gasteiger partial charge on any atom is 0.260 e. The van der Waals surface area contributed by atoms with Gasteiger partial charge in [0.15, 0.2) is 17.7 Å². The Morgan fingerprint density at radius 3 is 2.76 bits per heavy atom. The number of carbonyl (C=O) groups is 1. The first-order valence-electron chi connectivity index (χ1n) is 7.52. The summed E-state index contributed by atoms with van der Waals surface area (Å²) in [5.74, 6) is -0.563. The molecule has 2 N–H and O–H groups in total. The SMILES string of the molecule is CCCCNC(=O)C(C)Oc1ccc(CNCC)cc1F. The van der Waals surface area contributed by atoms with Crippen molar-refractivity contribution in [2.24, 2.45) is 0 Å². The smallest absolute Gasteiger partial charge is 0.260 e. The minimum Gasteiger partial charge on any atom is -0.478 e. The molecular formula is C16H25FN2O2. The van der Waals surface area contributed by atoms with E-state index in [9.17, 15) is 9.18 Å². The molecule has 0 heterocycles. The number of amides is 1. The quantitative estimate of drug-likeness (QED) is 0.689. The zero-order valence-corrected chi connectivity index (χ0v) is 13.0. The van der Waals surface area contributed by atoms with Gasteiger partial charge in [0.25, 0.3) is 5.91 Å². The van der Waals surface area contributed by atoms with Crippen LogP contribution < -0.4 is 15.4 Å². The number of rotatable bonds is 9. The summed E-state index contributed by atoms with van der Waals surface area (Å²) in [5, 5.41) is 5.89. The van der Waals surface area contributed by atoms with E-state index in [1.165, 1.54) is 6.07 Å². The fourth-order valence-electron chi connectivity index (χ4n) is 1.80. The van der Waals surface area contributed by atoms with Crippen LogP contribution in [0.2, 0.25) is 0 Å². The lowest BCUT2D eigenvalue weighted by atomic mass is 10.2. The highest BCUT2D eigenvalue weighted by molar-refractivity contribution is 5.80. The number of benzene rings is 1. The van der Waals surface area contributed by atoms with E-state index in [1.54, 1.807) is 19.1 Å². The normalized spacial score (nSPS) is 12.0. The summed E-state index contributed by atoms with van der Waals surface area (Å²) < 4.78 is 19.3. The highest BCUT2D eigenvalue weighted by Crippen LogP contribution is 2.19. The van der Waals surface area contributed by atoms with Crippen molar-refractivity contribution in [1.82, 2.24) is 10.6 Å². The number of hydrogen-bond donors (Lipinski definition) is 2. The molecule has 1 aromatic rings. The highest BCUT2D eigenvalue weighted by atomic mass is 19.1. The van der Waals surface area contributed by atoms with Crippen LogP contribution >= 0.6 is 0 Å². The molecule has 0 saturated carbocycles. The average molecular weight is 296 g/mol. The minimum atomic E-state index is -0.712. The first kappa shape index (κ1) is 17.4. The van der Waals surface area contributed by atoms with Gasteiger partial charge in [0.1, 0.15) is 0 Å². The molecule has 1 amide bonds. The maximum absolute atomic E-state index is 13.9. The molecule has 4 nitrogen and oxygen atoms in total. The molecule has 0 aromatic heterocycles. The van der Waals surface area contributed by atoms with E-state index < -0.39 is 11.9 Å². The first-order chi connectivity index (χ1) is 10.1. The van der Waals surface area contributed by atoms with Crippen LogP contribution in [0, 0.1) is 5.82 Å². The lowest BCUT2D eigenvalue weighted by Crippen LogP contribution is -2.36. The molecule has 1 rings (SSSR count). The van der Waals surface area contributed by atoms with E-state index in [-0.39, 0.29) is 11.7 Å². The molecule has 1 aromatic carbocycles. The Morgan fingerprint density at radius 2 is 2.14 bits per heavy atom. The first-order valence-corrected chi connectivity index (χ1v) is 7.52. The highest BCUT2D eigenvalue weighted by Gasteiger charge is 2.16. The summed E-state index contributed by atoms with van der Waals surface area (Å²) in [7, 11) is 0. The lowest BCUT2D eigenvalue weighted by Gasteiger charge is -2.15. The zero-order chi connectivity index (χ0) is 15.7. The lowest BCUT2D eigenvalue weighted by molar-refractivity contribution is -0.127. The molecule has 118 valence electrons. The van der Waals surface area contributed by atoms with Crippen molar-refractivity contribution >= 4 is 5.91 Å². The van der Waals surface area contributed by atoms with Gasteiger partial charge in [-0.25, -0.2) is 4.39 Å². The fraction of sp³-hybridized carbons (Fsp3) is 0.562. The number of carbonyl (C=O) groups excluding carboxylic acids is 1. The van der Waals surface area contributed by atoms with Gasteiger partial charge in [-0.15, -0.1) is 0 Å². The van der Waals surface area contributed by atoms with Crippen molar-refractivity contribution in [1.29, 1.82) is 0 Å². The Morgan fingerprint density at radius 1 is 1.38 bits per heavy atom. The second-order valence-electron chi connectivity index (χ2n) is 4.95. The topological polar surface area (TPSA) is 50.4 Å². The van der Waals surface area contributed by atoms with Gasteiger partial charge in [-0.05, 0) is 37.6 Å². The van der Waals surface area contributed by atoms with Crippen molar-refractivity contribution in [3.05, 3.63) is 29.6 Å². The molecule has 1 atom stereocenters. The van der Waals surface area contributed by atoms with Crippen LogP contribution in [0.1, 0.15) is 39.2 Å². The second kappa shape index (κ2) is 9.34. The number of ether oxygens (including phenoxy) is 1. The molecule has 0 bridgehead atoms. The van der Waals surface area contributed by atoms with E-state index >= 15 is 0 Å². The van der Waals surface area contributed by atoms with Gasteiger partial charge in [0, 0.05) is 13.1 Å². The predicted molar refractivity (Wildman–Crippen MR) is 81.8 cm³/mol. The van der Waals surface area contributed by atoms with Gasteiger partial charge < -0.3 is 15.4 Å². The van der Waals surface area contributed by atoms with Crippen LogP contribution in [-0.2, 0) is 11.3 Å². The summed E-state index contributed by atoms with van der Waals surface area (Å²) in [5.41, 5.74) is 0.849. The van der Waals surface area contributed by atoms with Gasteiger partial charge in [0.05, 0.1) is 0 Å². The molecule has 0 aliphatic carbocycles. The maximum atomic E-state index is 13.9. The van der Waals surface area contributed by atoms with Crippen LogP contribution in [0.5, 0.6) is 5.75 Å².